The van der Waals surface area contributed by atoms with E-state index in [2.05, 4.69) is 26.0 Å². The van der Waals surface area contributed by atoms with Gasteiger partial charge in [-0.2, -0.15) is 0 Å². The molecule has 0 bridgehead atoms. The summed E-state index contributed by atoms with van der Waals surface area (Å²) in [4.78, 5) is 0.207. The topological polar surface area (TPSA) is 58.2 Å². The molecule has 2 N–H and O–H groups in total. The monoisotopic (exact) mass is 372 g/mol. The largest absolute Gasteiger partial charge is 0.381 e. The SMILES string of the molecule is CNS(=O)(=O)c1ccc(NCc2ccc(F)cc2Br)cc1. The zero-order chi connectivity index (χ0) is 15.5. The predicted molar refractivity (Wildman–Crippen MR) is 84.1 cm³/mol. The third-order valence-electron chi connectivity index (χ3n) is 2.93. The van der Waals surface area contributed by atoms with Gasteiger partial charge in [-0.3, -0.25) is 0 Å². The highest BCUT2D eigenvalue weighted by molar-refractivity contribution is 9.10. The number of sulfonamides is 1. The van der Waals surface area contributed by atoms with Gasteiger partial charge in [-0.1, -0.05) is 22.0 Å². The van der Waals surface area contributed by atoms with Crippen LogP contribution in [0, 0.1) is 5.82 Å². The van der Waals surface area contributed by atoms with Crippen molar-refractivity contribution >= 4 is 31.6 Å². The maximum absolute atomic E-state index is 13.0. The molecule has 0 aliphatic carbocycles. The second-order valence-corrected chi connectivity index (χ2v) is 7.06. The summed E-state index contributed by atoms with van der Waals surface area (Å²) < 4.78 is 39.1. The number of benzene rings is 2. The van der Waals surface area contributed by atoms with Gasteiger partial charge in [-0.15, -0.1) is 0 Å². The fourth-order valence-corrected chi connectivity index (χ4v) is 2.95. The Morgan fingerprint density at radius 3 is 2.38 bits per heavy atom. The standard InChI is InChI=1S/C14H14BrFN2O2S/c1-17-21(19,20)13-6-4-12(5-7-13)18-9-10-2-3-11(16)8-14(10)15/h2-8,17-18H,9H2,1H3. The summed E-state index contributed by atoms with van der Waals surface area (Å²) in [5.41, 5.74) is 1.68. The molecule has 0 atom stereocenters. The number of hydrogen-bond donors (Lipinski definition) is 2. The second kappa shape index (κ2) is 6.55. The normalized spacial score (nSPS) is 11.4. The summed E-state index contributed by atoms with van der Waals surface area (Å²) in [6.45, 7) is 0.499. The minimum Gasteiger partial charge on any atom is -0.381 e. The molecule has 21 heavy (non-hydrogen) atoms. The van der Waals surface area contributed by atoms with E-state index in [-0.39, 0.29) is 10.7 Å². The van der Waals surface area contributed by atoms with Gasteiger partial charge in [0.05, 0.1) is 4.90 Å². The molecule has 0 fully saturated rings. The van der Waals surface area contributed by atoms with Crippen molar-refractivity contribution in [1.29, 1.82) is 0 Å². The molecule has 2 aromatic rings. The quantitative estimate of drug-likeness (QED) is 0.847. The van der Waals surface area contributed by atoms with Crippen LogP contribution in [0.1, 0.15) is 5.56 Å². The molecular weight excluding hydrogens is 359 g/mol. The first-order chi connectivity index (χ1) is 9.92. The third-order valence-corrected chi connectivity index (χ3v) is 5.10. The van der Waals surface area contributed by atoms with Gasteiger partial charge in [0.2, 0.25) is 10.0 Å². The lowest BCUT2D eigenvalue weighted by Crippen LogP contribution is -2.18. The van der Waals surface area contributed by atoms with Gasteiger partial charge in [0.25, 0.3) is 0 Å². The molecule has 4 nitrogen and oxygen atoms in total. The minimum absolute atomic E-state index is 0.207. The Morgan fingerprint density at radius 2 is 1.81 bits per heavy atom. The maximum Gasteiger partial charge on any atom is 0.240 e. The van der Waals surface area contributed by atoms with E-state index >= 15 is 0 Å². The molecule has 0 unspecified atom stereocenters. The molecule has 0 saturated heterocycles. The van der Waals surface area contributed by atoms with Crippen molar-refractivity contribution in [2.24, 2.45) is 0 Å². The van der Waals surface area contributed by atoms with Crippen LogP contribution < -0.4 is 10.0 Å². The number of hydrogen-bond acceptors (Lipinski definition) is 3. The first-order valence-corrected chi connectivity index (χ1v) is 8.41. The van der Waals surface area contributed by atoms with Crippen molar-refractivity contribution < 1.29 is 12.8 Å². The lowest BCUT2D eigenvalue weighted by molar-refractivity contribution is 0.588. The molecule has 2 aromatic carbocycles. The van der Waals surface area contributed by atoms with Crippen molar-refractivity contribution in [2.75, 3.05) is 12.4 Å². The van der Waals surface area contributed by atoms with E-state index in [0.717, 1.165) is 11.3 Å². The van der Waals surface area contributed by atoms with E-state index in [1.54, 1.807) is 18.2 Å². The van der Waals surface area contributed by atoms with Crippen LogP contribution in [0.25, 0.3) is 0 Å². The molecule has 0 spiro atoms. The average Bonchev–Trinajstić information content (AvgIpc) is 2.47. The predicted octanol–water partition coefficient (Wildman–Crippen LogP) is 3.11. The Morgan fingerprint density at radius 1 is 1.14 bits per heavy atom. The van der Waals surface area contributed by atoms with Crippen molar-refractivity contribution in [3.8, 4) is 0 Å². The molecule has 7 heteroatoms. The number of halogens is 2. The van der Waals surface area contributed by atoms with Crippen LogP contribution in [-0.4, -0.2) is 15.5 Å². The summed E-state index contributed by atoms with van der Waals surface area (Å²) >= 11 is 3.30. The number of anilines is 1. The lowest BCUT2D eigenvalue weighted by Gasteiger charge is -2.09. The Bertz CT molecular complexity index is 733. The molecule has 0 aliphatic rings. The molecule has 112 valence electrons. The first kappa shape index (κ1) is 15.9. The summed E-state index contributed by atoms with van der Waals surface area (Å²) in [5.74, 6) is -0.299. The maximum atomic E-state index is 13.0. The molecule has 0 heterocycles. The summed E-state index contributed by atoms with van der Waals surface area (Å²) in [6.07, 6.45) is 0. The van der Waals surface area contributed by atoms with Gasteiger partial charge in [-0.05, 0) is 49.0 Å². The Labute approximate surface area is 131 Å². The molecule has 0 aromatic heterocycles. The number of rotatable bonds is 5. The van der Waals surface area contributed by atoms with Gasteiger partial charge in [0, 0.05) is 16.7 Å². The highest BCUT2D eigenvalue weighted by Gasteiger charge is 2.10. The van der Waals surface area contributed by atoms with Crippen molar-refractivity contribution in [2.45, 2.75) is 11.4 Å². The van der Waals surface area contributed by atoms with Gasteiger partial charge in [0.1, 0.15) is 5.82 Å². The lowest BCUT2D eigenvalue weighted by atomic mass is 10.2. The zero-order valence-electron chi connectivity index (χ0n) is 11.2. The molecule has 0 saturated carbocycles. The number of nitrogens with one attached hydrogen (secondary N) is 2. The summed E-state index contributed by atoms with van der Waals surface area (Å²) in [6, 6.07) is 10.9. The van der Waals surface area contributed by atoms with E-state index < -0.39 is 10.0 Å². The summed E-state index contributed by atoms with van der Waals surface area (Å²) in [5, 5.41) is 3.15. The van der Waals surface area contributed by atoms with Gasteiger partial charge >= 0.3 is 0 Å². The van der Waals surface area contributed by atoms with E-state index in [9.17, 15) is 12.8 Å². The second-order valence-electron chi connectivity index (χ2n) is 4.32. The molecule has 0 radical (unpaired) electrons. The fraction of sp³-hybridized carbons (Fsp3) is 0.143. The van der Waals surface area contributed by atoms with Gasteiger partial charge in [-0.25, -0.2) is 17.5 Å². The highest BCUT2D eigenvalue weighted by atomic mass is 79.9. The van der Waals surface area contributed by atoms with Crippen LogP contribution in [0.15, 0.2) is 51.8 Å². The Hall–Kier alpha value is -1.44. The Balaban J connectivity index is 2.07. The fourth-order valence-electron chi connectivity index (χ4n) is 1.73. The zero-order valence-corrected chi connectivity index (χ0v) is 13.6. The third kappa shape index (κ3) is 4.03. The molecular formula is C14H14BrFN2O2S. The highest BCUT2D eigenvalue weighted by Crippen LogP contribution is 2.20. The van der Waals surface area contributed by atoms with E-state index in [0.29, 0.717) is 11.0 Å². The average molecular weight is 373 g/mol. The molecule has 0 aliphatic heterocycles. The van der Waals surface area contributed by atoms with Crippen LogP contribution in [0.4, 0.5) is 10.1 Å². The molecule has 0 amide bonds. The van der Waals surface area contributed by atoms with Gasteiger partial charge in [0.15, 0.2) is 0 Å². The van der Waals surface area contributed by atoms with Crippen LogP contribution in [0.2, 0.25) is 0 Å². The van der Waals surface area contributed by atoms with Crippen LogP contribution in [0.5, 0.6) is 0 Å². The van der Waals surface area contributed by atoms with Crippen LogP contribution in [0.3, 0.4) is 0 Å². The smallest absolute Gasteiger partial charge is 0.240 e. The van der Waals surface area contributed by atoms with E-state index in [4.69, 9.17) is 0 Å². The minimum atomic E-state index is -3.42. The van der Waals surface area contributed by atoms with E-state index in [1.807, 2.05) is 0 Å². The van der Waals surface area contributed by atoms with E-state index in [1.165, 1.54) is 31.3 Å². The van der Waals surface area contributed by atoms with Crippen molar-refractivity contribution in [3.63, 3.8) is 0 Å². The van der Waals surface area contributed by atoms with Crippen LogP contribution >= 0.6 is 15.9 Å². The van der Waals surface area contributed by atoms with Crippen LogP contribution in [-0.2, 0) is 16.6 Å². The van der Waals surface area contributed by atoms with Crippen molar-refractivity contribution in [3.05, 3.63) is 58.3 Å². The Kier molecular flexibility index (Phi) is 4.97. The van der Waals surface area contributed by atoms with Gasteiger partial charge < -0.3 is 5.32 Å². The molecule has 2 rings (SSSR count). The summed E-state index contributed by atoms with van der Waals surface area (Å²) in [7, 11) is -2.05. The van der Waals surface area contributed by atoms with Crippen molar-refractivity contribution in [1.82, 2.24) is 4.72 Å². The first-order valence-electron chi connectivity index (χ1n) is 6.14.